The third-order valence-electron chi connectivity index (χ3n) is 6.78. The van der Waals surface area contributed by atoms with Gasteiger partial charge in [-0.15, -0.1) is 0 Å². The number of fused-ring (bicyclic) bond motifs is 1. The summed E-state index contributed by atoms with van der Waals surface area (Å²) in [7, 11) is 2.13. The number of piperidine rings is 1. The van der Waals surface area contributed by atoms with Crippen LogP contribution in [0.25, 0.3) is 11.0 Å². The Bertz CT molecular complexity index is 1520. The van der Waals surface area contributed by atoms with Crippen molar-refractivity contribution in [1.82, 2.24) is 24.6 Å². The normalized spacial score (nSPS) is 14.5. The minimum Gasteiger partial charge on any atom is -0.383 e. The Balaban J connectivity index is 1.41. The van der Waals surface area contributed by atoms with E-state index in [-0.39, 0.29) is 11.8 Å². The number of likely N-dealkylation sites (tertiary alicyclic amines) is 1. The van der Waals surface area contributed by atoms with Gasteiger partial charge in [0.05, 0.1) is 16.5 Å². The van der Waals surface area contributed by atoms with Crippen LogP contribution >= 0.6 is 11.6 Å². The predicted octanol–water partition coefficient (Wildman–Crippen LogP) is 4.39. The summed E-state index contributed by atoms with van der Waals surface area (Å²) in [5, 5.41) is 5.99. The quantitative estimate of drug-likeness (QED) is 0.399. The summed E-state index contributed by atoms with van der Waals surface area (Å²) in [5.41, 5.74) is 11.1. The highest BCUT2D eigenvalue weighted by atomic mass is 35.5. The molecule has 0 aliphatic carbocycles. The lowest BCUT2D eigenvalue weighted by molar-refractivity contribution is -0.117. The molecular formula is C29H29ClN6O. The molecule has 1 aliphatic heterocycles. The van der Waals surface area contributed by atoms with Gasteiger partial charge < -0.3 is 10.6 Å². The number of ketones is 1. The van der Waals surface area contributed by atoms with Crippen LogP contribution in [0.4, 0.5) is 5.82 Å². The minimum absolute atomic E-state index is 0.139. The number of halogens is 1. The Morgan fingerprint density at radius 2 is 1.84 bits per heavy atom. The molecule has 1 saturated heterocycles. The van der Waals surface area contributed by atoms with Crippen molar-refractivity contribution in [3.63, 3.8) is 0 Å². The lowest BCUT2D eigenvalue weighted by atomic mass is 10.0. The van der Waals surface area contributed by atoms with Crippen LogP contribution in [0.1, 0.15) is 46.8 Å². The average Bonchev–Trinajstić information content (AvgIpc) is 3.24. The summed E-state index contributed by atoms with van der Waals surface area (Å²) in [5.74, 6) is 6.81. The van der Waals surface area contributed by atoms with E-state index in [4.69, 9.17) is 22.4 Å². The smallest absolute Gasteiger partial charge is 0.164 e. The number of rotatable bonds is 5. The Hall–Kier alpha value is -3.73. The van der Waals surface area contributed by atoms with Crippen LogP contribution in [-0.4, -0.2) is 50.6 Å². The van der Waals surface area contributed by atoms with Gasteiger partial charge in [-0.1, -0.05) is 53.4 Å². The van der Waals surface area contributed by atoms with Crippen LogP contribution in [0.5, 0.6) is 0 Å². The molecule has 1 aliphatic rings. The summed E-state index contributed by atoms with van der Waals surface area (Å²) in [6.45, 7) is 4.02. The van der Waals surface area contributed by atoms with E-state index < -0.39 is 0 Å². The topological polar surface area (TPSA) is 89.9 Å². The number of nitrogens with zero attached hydrogens (tertiary/aromatic N) is 5. The zero-order valence-corrected chi connectivity index (χ0v) is 21.8. The Morgan fingerprint density at radius 1 is 1.08 bits per heavy atom. The largest absolute Gasteiger partial charge is 0.383 e. The molecule has 7 nitrogen and oxygen atoms in total. The average molecular weight is 513 g/mol. The molecule has 1 fully saturated rings. The van der Waals surface area contributed by atoms with E-state index in [0.717, 1.165) is 42.6 Å². The number of carbonyl (C=O) groups is 1. The van der Waals surface area contributed by atoms with Crippen molar-refractivity contribution in [3.05, 3.63) is 81.8 Å². The van der Waals surface area contributed by atoms with E-state index in [1.54, 1.807) is 6.07 Å². The number of aromatic nitrogens is 4. The van der Waals surface area contributed by atoms with Crippen LogP contribution in [0.2, 0.25) is 5.02 Å². The van der Waals surface area contributed by atoms with Crippen molar-refractivity contribution in [3.8, 4) is 11.8 Å². The highest BCUT2D eigenvalue weighted by Gasteiger charge is 2.24. The zero-order valence-electron chi connectivity index (χ0n) is 21.0. The van der Waals surface area contributed by atoms with E-state index in [9.17, 15) is 4.79 Å². The number of aryl methyl sites for hydroxylation is 1. The molecule has 0 atom stereocenters. The van der Waals surface area contributed by atoms with Crippen molar-refractivity contribution in [1.29, 1.82) is 0 Å². The van der Waals surface area contributed by atoms with Crippen LogP contribution in [0.3, 0.4) is 0 Å². The van der Waals surface area contributed by atoms with E-state index in [0.29, 0.717) is 46.0 Å². The second-order valence-electron chi connectivity index (χ2n) is 9.73. The van der Waals surface area contributed by atoms with E-state index in [1.807, 2.05) is 48.0 Å². The standard InChI is InChI=1S/C29H29ClN6O/c1-19-4-3-5-20(14-19)16-24(37)17-21-6-8-25(30)22(15-21)7-9-26-27-28(31)32-18-33-29(27)36(34-26)23-10-12-35(2)13-11-23/h3-6,8,14-15,18,23H,10-13,16-17H2,1-2H3,(H2,31,32,33). The van der Waals surface area contributed by atoms with Gasteiger partial charge in [0, 0.05) is 18.4 Å². The summed E-state index contributed by atoms with van der Waals surface area (Å²) in [4.78, 5) is 23.7. The molecule has 0 bridgehead atoms. The molecule has 0 radical (unpaired) electrons. The van der Waals surface area contributed by atoms with E-state index in [1.165, 1.54) is 6.33 Å². The third-order valence-corrected chi connectivity index (χ3v) is 7.11. The van der Waals surface area contributed by atoms with Crippen LogP contribution in [0, 0.1) is 18.8 Å². The first-order valence-electron chi connectivity index (χ1n) is 12.4. The van der Waals surface area contributed by atoms with Gasteiger partial charge in [-0.25, -0.2) is 14.6 Å². The Morgan fingerprint density at radius 3 is 2.59 bits per heavy atom. The van der Waals surface area contributed by atoms with Crippen LogP contribution < -0.4 is 5.73 Å². The molecule has 0 amide bonds. The maximum Gasteiger partial charge on any atom is 0.164 e. The van der Waals surface area contributed by atoms with Crippen LogP contribution in [-0.2, 0) is 17.6 Å². The van der Waals surface area contributed by atoms with E-state index in [2.05, 4.69) is 33.8 Å². The Kier molecular flexibility index (Phi) is 7.22. The molecule has 2 aromatic carbocycles. The first-order chi connectivity index (χ1) is 17.9. The van der Waals surface area contributed by atoms with Crippen molar-refractivity contribution >= 4 is 34.2 Å². The molecular weight excluding hydrogens is 484 g/mol. The van der Waals surface area contributed by atoms with Gasteiger partial charge in [-0.05, 0) is 69.1 Å². The number of nitrogens with two attached hydrogens (primary N) is 1. The fraction of sp³-hybridized carbons (Fsp3) is 0.310. The molecule has 0 saturated carbocycles. The second kappa shape index (κ2) is 10.7. The molecule has 0 unspecified atom stereocenters. The number of benzene rings is 2. The summed E-state index contributed by atoms with van der Waals surface area (Å²) in [6.07, 6.45) is 4.14. The molecule has 2 aromatic heterocycles. The van der Waals surface area contributed by atoms with Crippen molar-refractivity contribution < 1.29 is 4.79 Å². The van der Waals surface area contributed by atoms with Crippen molar-refractivity contribution in [2.75, 3.05) is 25.9 Å². The summed E-state index contributed by atoms with van der Waals surface area (Å²) in [6, 6.07) is 13.8. The van der Waals surface area contributed by atoms with Gasteiger partial charge in [-0.3, -0.25) is 4.79 Å². The van der Waals surface area contributed by atoms with Crippen molar-refractivity contribution in [2.45, 2.75) is 38.6 Å². The fourth-order valence-corrected chi connectivity index (χ4v) is 4.99. The molecule has 188 valence electrons. The second-order valence-corrected chi connectivity index (χ2v) is 10.1. The van der Waals surface area contributed by atoms with Gasteiger partial charge in [-0.2, -0.15) is 5.10 Å². The summed E-state index contributed by atoms with van der Waals surface area (Å²) < 4.78 is 1.95. The number of nitrogen functional groups attached to an aromatic ring is 1. The number of hydrogen-bond donors (Lipinski definition) is 1. The maximum absolute atomic E-state index is 12.7. The zero-order chi connectivity index (χ0) is 25.9. The molecule has 2 N–H and O–H groups in total. The third kappa shape index (κ3) is 5.66. The number of anilines is 1. The SMILES string of the molecule is Cc1cccc(CC(=O)Cc2ccc(Cl)c(C#Cc3nn(C4CCN(C)CC4)c4ncnc(N)c34)c2)c1. The van der Waals surface area contributed by atoms with Gasteiger partial charge in [0.25, 0.3) is 0 Å². The molecule has 0 spiro atoms. The number of hydrogen-bond acceptors (Lipinski definition) is 6. The minimum atomic E-state index is 0.139. The first kappa shape index (κ1) is 24.9. The molecule has 37 heavy (non-hydrogen) atoms. The molecule has 4 aromatic rings. The van der Waals surface area contributed by atoms with Gasteiger partial charge in [0.1, 0.15) is 23.6 Å². The first-order valence-corrected chi connectivity index (χ1v) is 12.8. The lowest BCUT2D eigenvalue weighted by Crippen LogP contribution is -2.32. The molecule has 5 rings (SSSR count). The Labute approximate surface area is 221 Å². The number of Topliss-reactive ketones (excluding diaryl/α,β-unsaturated/α-hetero) is 1. The van der Waals surface area contributed by atoms with Crippen molar-refractivity contribution in [2.24, 2.45) is 0 Å². The lowest BCUT2D eigenvalue weighted by Gasteiger charge is -2.29. The van der Waals surface area contributed by atoms with Crippen LogP contribution in [0.15, 0.2) is 48.8 Å². The van der Waals surface area contributed by atoms with E-state index >= 15 is 0 Å². The number of carbonyl (C=O) groups excluding carboxylic acids is 1. The fourth-order valence-electron chi connectivity index (χ4n) is 4.82. The monoisotopic (exact) mass is 512 g/mol. The maximum atomic E-state index is 12.7. The summed E-state index contributed by atoms with van der Waals surface area (Å²) >= 11 is 6.47. The highest BCUT2D eigenvalue weighted by Crippen LogP contribution is 2.28. The highest BCUT2D eigenvalue weighted by molar-refractivity contribution is 6.31. The van der Waals surface area contributed by atoms with Gasteiger partial charge in [0.2, 0.25) is 0 Å². The molecule has 3 heterocycles. The predicted molar refractivity (Wildman–Crippen MR) is 147 cm³/mol. The molecule has 8 heteroatoms. The van der Waals surface area contributed by atoms with Gasteiger partial charge >= 0.3 is 0 Å². The van der Waals surface area contributed by atoms with Gasteiger partial charge in [0.15, 0.2) is 5.65 Å².